The maximum atomic E-state index is 13.0. The molecule has 0 aliphatic rings. The van der Waals surface area contributed by atoms with E-state index in [1.165, 1.54) is 4.68 Å². The zero-order chi connectivity index (χ0) is 18.6. The lowest BCUT2D eigenvalue weighted by molar-refractivity contribution is 0.744. The Morgan fingerprint density at radius 1 is 0.926 bits per heavy atom. The average Bonchev–Trinajstić information content (AvgIpc) is 2.70. The second-order valence-corrected chi connectivity index (χ2v) is 6.56. The van der Waals surface area contributed by atoms with E-state index >= 15 is 0 Å². The highest BCUT2D eigenvalue weighted by atomic mass is 35.5. The molecule has 0 fully saturated rings. The molecule has 0 spiro atoms. The van der Waals surface area contributed by atoms with Crippen LogP contribution in [0.25, 0.3) is 10.9 Å². The molecule has 0 amide bonds. The molecule has 132 valence electrons. The van der Waals surface area contributed by atoms with E-state index < -0.39 is 0 Å². The number of aromatic nitrogens is 2. The molecule has 1 aromatic heterocycles. The predicted molar refractivity (Wildman–Crippen MR) is 110 cm³/mol. The fourth-order valence-electron chi connectivity index (χ4n) is 2.85. The molecular weight excluding hydrogens is 358 g/mol. The summed E-state index contributed by atoms with van der Waals surface area (Å²) in [5.74, 6) is 0.593. The summed E-state index contributed by atoms with van der Waals surface area (Å²) in [5.41, 5.74) is 2.41. The zero-order valence-electron chi connectivity index (χ0n) is 14.4. The maximum absolute atomic E-state index is 13.0. The monoisotopic (exact) mass is 373 g/mol. The van der Waals surface area contributed by atoms with E-state index in [4.69, 9.17) is 11.6 Å². The van der Waals surface area contributed by atoms with Crippen molar-refractivity contribution in [1.29, 1.82) is 0 Å². The van der Waals surface area contributed by atoms with Crippen LogP contribution < -0.4 is 5.56 Å². The lowest BCUT2D eigenvalue weighted by Crippen LogP contribution is -2.22. The average molecular weight is 374 g/mol. The predicted octanol–water partition coefficient (Wildman–Crippen LogP) is 4.52. The van der Waals surface area contributed by atoms with E-state index in [-0.39, 0.29) is 5.56 Å². The Kier molecular flexibility index (Phi) is 4.81. The van der Waals surface area contributed by atoms with Gasteiger partial charge in [-0.25, -0.2) is 4.98 Å². The highest BCUT2D eigenvalue weighted by Gasteiger charge is 2.10. The van der Waals surface area contributed by atoms with E-state index in [2.05, 4.69) is 10.1 Å². The lowest BCUT2D eigenvalue weighted by Gasteiger charge is -2.09. The first-order valence-electron chi connectivity index (χ1n) is 8.55. The van der Waals surface area contributed by atoms with Gasteiger partial charge in [0.05, 0.1) is 17.1 Å². The Balaban J connectivity index is 1.83. The van der Waals surface area contributed by atoms with Gasteiger partial charge in [0.2, 0.25) is 0 Å². The van der Waals surface area contributed by atoms with Crippen LogP contribution >= 0.6 is 11.6 Å². The van der Waals surface area contributed by atoms with Crippen LogP contribution in [-0.4, -0.2) is 15.9 Å². The summed E-state index contributed by atoms with van der Waals surface area (Å²) in [6.07, 6.45) is 2.15. The number of hydrogen-bond acceptors (Lipinski definition) is 3. The molecule has 0 saturated carbocycles. The smallest absolute Gasteiger partial charge is 0.267 e. The van der Waals surface area contributed by atoms with Crippen molar-refractivity contribution in [3.05, 3.63) is 111 Å². The van der Waals surface area contributed by atoms with Crippen molar-refractivity contribution in [3.63, 3.8) is 0 Å². The van der Waals surface area contributed by atoms with Crippen molar-refractivity contribution >= 4 is 28.7 Å². The van der Waals surface area contributed by atoms with Crippen LogP contribution in [0.1, 0.15) is 17.0 Å². The molecule has 27 heavy (non-hydrogen) atoms. The van der Waals surface area contributed by atoms with Gasteiger partial charge in [-0.05, 0) is 35.4 Å². The van der Waals surface area contributed by atoms with E-state index in [0.717, 1.165) is 11.1 Å². The third-order valence-corrected chi connectivity index (χ3v) is 4.47. The molecule has 0 N–H and O–H groups in total. The van der Waals surface area contributed by atoms with Crippen LogP contribution in [0.4, 0.5) is 0 Å². The van der Waals surface area contributed by atoms with E-state index in [9.17, 15) is 4.79 Å². The molecule has 1 heterocycles. The fraction of sp³-hybridized carbons (Fsp3) is 0.0455. The van der Waals surface area contributed by atoms with Gasteiger partial charge < -0.3 is 0 Å². The highest BCUT2D eigenvalue weighted by molar-refractivity contribution is 6.30. The lowest BCUT2D eigenvalue weighted by atomic mass is 10.1. The molecule has 4 aromatic rings. The van der Waals surface area contributed by atoms with Crippen molar-refractivity contribution in [2.45, 2.75) is 6.42 Å². The highest BCUT2D eigenvalue weighted by Crippen LogP contribution is 2.12. The van der Waals surface area contributed by atoms with E-state index in [1.807, 2.05) is 60.7 Å². The second kappa shape index (κ2) is 7.56. The SMILES string of the molecule is O=c1c2ccccc2nc(Cc2ccccc2)n1/N=C/c1ccc(Cl)cc1. The standard InChI is InChI=1S/C22H16ClN3O/c23-18-12-10-17(11-13-18)15-24-26-21(14-16-6-2-1-3-7-16)25-20-9-5-4-8-19(20)22(26)27/h1-13,15H,14H2/b24-15+. The third kappa shape index (κ3) is 3.81. The van der Waals surface area contributed by atoms with Gasteiger partial charge in [-0.1, -0.05) is 66.2 Å². The number of rotatable bonds is 4. The number of nitrogens with zero attached hydrogens (tertiary/aromatic N) is 3. The molecule has 0 radical (unpaired) electrons. The van der Waals surface area contributed by atoms with Gasteiger partial charge in [-0.15, -0.1) is 0 Å². The summed E-state index contributed by atoms with van der Waals surface area (Å²) in [7, 11) is 0. The Hall–Kier alpha value is -3.24. The molecule has 0 aliphatic carbocycles. The Morgan fingerprint density at radius 2 is 1.63 bits per heavy atom. The minimum atomic E-state index is -0.184. The first kappa shape index (κ1) is 17.2. The third-order valence-electron chi connectivity index (χ3n) is 4.22. The molecule has 0 atom stereocenters. The molecule has 5 heteroatoms. The minimum absolute atomic E-state index is 0.184. The molecule has 4 nitrogen and oxygen atoms in total. The van der Waals surface area contributed by atoms with Crippen LogP contribution in [-0.2, 0) is 6.42 Å². The largest absolute Gasteiger partial charge is 0.282 e. The van der Waals surface area contributed by atoms with Gasteiger partial charge in [-0.2, -0.15) is 9.78 Å². The molecule has 4 rings (SSSR count). The molecule has 0 aliphatic heterocycles. The number of halogens is 1. The summed E-state index contributed by atoms with van der Waals surface area (Å²) < 4.78 is 1.38. The summed E-state index contributed by atoms with van der Waals surface area (Å²) >= 11 is 5.93. The molecule has 0 bridgehead atoms. The second-order valence-electron chi connectivity index (χ2n) is 6.12. The van der Waals surface area contributed by atoms with Crippen molar-refractivity contribution < 1.29 is 0 Å². The summed E-state index contributed by atoms with van der Waals surface area (Å²) in [6.45, 7) is 0. The van der Waals surface area contributed by atoms with Crippen LogP contribution in [0, 0.1) is 0 Å². The van der Waals surface area contributed by atoms with Crippen molar-refractivity contribution in [3.8, 4) is 0 Å². The Labute approximate surface area is 161 Å². The van der Waals surface area contributed by atoms with Crippen LogP contribution in [0.2, 0.25) is 5.02 Å². The topological polar surface area (TPSA) is 47.2 Å². The van der Waals surface area contributed by atoms with Gasteiger partial charge in [0, 0.05) is 11.4 Å². The van der Waals surface area contributed by atoms with Crippen molar-refractivity contribution in [1.82, 2.24) is 9.66 Å². The molecule has 0 unspecified atom stereocenters. The van der Waals surface area contributed by atoms with Crippen LogP contribution in [0.5, 0.6) is 0 Å². The fourth-order valence-corrected chi connectivity index (χ4v) is 2.98. The van der Waals surface area contributed by atoms with E-state index in [1.54, 1.807) is 24.4 Å². The Bertz CT molecular complexity index is 1170. The summed E-state index contributed by atoms with van der Waals surface area (Å²) in [6, 6.07) is 24.5. The first-order chi connectivity index (χ1) is 13.2. The van der Waals surface area contributed by atoms with Gasteiger partial charge in [-0.3, -0.25) is 4.79 Å². The number of hydrogen-bond donors (Lipinski definition) is 0. The van der Waals surface area contributed by atoms with Gasteiger partial charge >= 0.3 is 0 Å². The van der Waals surface area contributed by atoms with Gasteiger partial charge in [0.15, 0.2) is 0 Å². The van der Waals surface area contributed by atoms with Crippen LogP contribution in [0.15, 0.2) is 88.8 Å². The normalized spacial score (nSPS) is 11.3. The number of para-hydroxylation sites is 1. The molecular formula is C22H16ClN3O. The Morgan fingerprint density at radius 3 is 2.41 bits per heavy atom. The maximum Gasteiger partial charge on any atom is 0.282 e. The zero-order valence-corrected chi connectivity index (χ0v) is 15.2. The quantitative estimate of drug-likeness (QED) is 0.494. The van der Waals surface area contributed by atoms with Crippen molar-refractivity contribution in [2.75, 3.05) is 0 Å². The van der Waals surface area contributed by atoms with Crippen molar-refractivity contribution in [2.24, 2.45) is 5.10 Å². The van der Waals surface area contributed by atoms with Gasteiger partial charge in [0.1, 0.15) is 5.82 Å². The van der Waals surface area contributed by atoms with Crippen LogP contribution in [0.3, 0.4) is 0 Å². The van der Waals surface area contributed by atoms with E-state index in [0.29, 0.717) is 28.2 Å². The first-order valence-corrected chi connectivity index (χ1v) is 8.93. The molecule has 3 aromatic carbocycles. The summed E-state index contributed by atoms with van der Waals surface area (Å²) in [4.78, 5) is 17.7. The number of benzene rings is 3. The summed E-state index contributed by atoms with van der Waals surface area (Å²) in [5, 5.41) is 5.62. The molecule has 0 saturated heterocycles. The van der Waals surface area contributed by atoms with Gasteiger partial charge in [0.25, 0.3) is 5.56 Å². The minimum Gasteiger partial charge on any atom is -0.267 e. The number of fused-ring (bicyclic) bond motifs is 1.